The Bertz CT molecular complexity index is 840. The molecule has 0 radical (unpaired) electrons. The van der Waals surface area contributed by atoms with Crippen LogP contribution in [0.15, 0.2) is 36.5 Å². The number of hydrogen-bond donors (Lipinski definition) is 1. The van der Waals surface area contributed by atoms with Crippen molar-refractivity contribution in [1.82, 2.24) is 25.1 Å². The van der Waals surface area contributed by atoms with Crippen LogP contribution in [-0.2, 0) is 11.3 Å². The highest BCUT2D eigenvalue weighted by molar-refractivity contribution is 5.94. The number of carbonyl (C=O) groups is 2. The van der Waals surface area contributed by atoms with E-state index in [1.165, 1.54) is 0 Å². The van der Waals surface area contributed by atoms with E-state index in [0.29, 0.717) is 24.3 Å². The predicted molar refractivity (Wildman–Crippen MR) is 107 cm³/mol. The van der Waals surface area contributed by atoms with E-state index in [1.807, 2.05) is 48.0 Å². The highest BCUT2D eigenvalue weighted by atomic mass is 16.2. The molecule has 0 aromatic carbocycles. The first-order chi connectivity index (χ1) is 13.5. The monoisotopic (exact) mass is 381 g/mol. The van der Waals surface area contributed by atoms with Crippen molar-refractivity contribution in [2.45, 2.75) is 32.4 Å². The summed E-state index contributed by atoms with van der Waals surface area (Å²) in [5.41, 5.74) is 3.04. The normalized spacial score (nSPS) is 16.4. The highest BCUT2D eigenvalue weighted by Gasteiger charge is 2.31. The molecule has 0 spiro atoms. The lowest BCUT2D eigenvalue weighted by molar-refractivity contribution is -0.133. The molecule has 2 aromatic rings. The Morgan fingerprint density at radius 2 is 2.11 bits per heavy atom. The van der Waals surface area contributed by atoms with E-state index in [-0.39, 0.29) is 17.9 Å². The fourth-order valence-electron chi connectivity index (χ4n) is 3.66. The molecule has 148 valence electrons. The largest absolute Gasteiger partial charge is 0.355 e. The number of carbonyl (C=O) groups excluding carboxylic acids is 2. The number of rotatable bonds is 6. The van der Waals surface area contributed by atoms with Gasteiger partial charge >= 0.3 is 0 Å². The van der Waals surface area contributed by atoms with E-state index >= 15 is 0 Å². The number of hydrogen-bond acceptors (Lipinski definition) is 5. The first kappa shape index (κ1) is 19.9. The van der Waals surface area contributed by atoms with Crippen molar-refractivity contribution < 1.29 is 9.59 Å². The number of likely N-dealkylation sites (N-methyl/N-ethyl adjacent to an activating group) is 1. The molecular weight excluding hydrogens is 354 g/mol. The first-order valence-corrected chi connectivity index (χ1v) is 9.57. The lowest BCUT2D eigenvalue weighted by atomic mass is 10.1. The molecular formula is C21H27N5O2. The lowest BCUT2D eigenvalue weighted by Gasteiger charge is -2.27. The third-order valence-corrected chi connectivity index (χ3v) is 5.06. The molecule has 1 aliphatic heterocycles. The van der Waals surface area contributed by atoms with Crippen LogP contribution >= 0.6 is 0 Å². The Balaban J connectivity index is 1.67. The molecule has 28 heavy (non-hydrogen) atoms. The quantitative estimate of drug-likeness (QED) is 0.827. The summed E-state index contributed by atoms with van der Waals surface area (Å²) in [6.45, 7) is 3.53. The molecule has 1 fully saturated rings. The van der Waals surface area contributed by atoms with E-state index in [1.54, 1.807) is 19.3 Å². The number of likely N-dealkylation sites (tertiary alicyclic amines) is 1. The average molecular weight is 381 g/mol. The fourth-order valence-corrected chi connectivity index (χ4v) is 3.66. The zero-order chi connectivity index (χ0) is 20.1. The van der Waals surface area contributed by atoms with Gasteiger partial charge in [0.1, 0.15) is 0 Å². The Kier molecular flexibility index (Phi) is 6.36. The number of nitrogens with zero attached hydrogens (tertiary/aromatic N) is 4. The summed E-state index contributed by atoms with van der Waals surface area (Å²) in [6.07, 6.45) is 3.61. The van der Waals surface area contributed by atoms with Crippen molar-refractivity contribution in [3.05, 3.63) is 59.2 Å². The Labute approximate surface area is 165 Å². The Morgan fingerprint density at radius 3 is 2.79 bits per heavy atom. The molecule has 2 amide bonds. The second-order valence-electron chi connectivity index (χ2n) is 7.19. The summed E-state index contributed by atoms with van der Waals surface area (Å²) in [4.78, 5) is 37.6. The van der Waals surface area contributed by atoms with Crippen molar-refractivity contribution in [1.29, 1.82) is 0 Å². The van der Waals surface area contributed by atoms with Crippen molar-refractivity contribution in [3.63, 3.8) is 0 Å². The zero-order valence-corrected chi connectivity index (χ0v) is 16.7. The maximum absolute atomic E-state index is 12.9. The smallest absolute Gasteiger partial charge is 0.252 e. The standard InChI is InChI=1S/C21H27N5O2/c1-15-17(21(28)22-2)9-10-18(24-15)19-8-6-12-26(19)20(27)14-25(3)13-16-7-4-5-11-23-16/h4-5,7,9-11,19H,6,8,12-14H2,1-3H3,(H,22,28)/t19-/m0/s1. The summed E-state index contributed by atoms with van der Waals surface area (Å²) in [7, 11) is 3.53. The molecule has 0 bridgehead atoms. The minimum Gasteiger partial charge on any atom is -0.355 e. The molecule has 0 saturated carbocycles. The van der Waals surface area contributed by atoms with Gasteiger partial charge in [-0.15, -0.1) is 0 Å². The first-order valence-electron chi connectivity index (χ1n) is 9.57. The minimum absolute atomic E-state index is 0.0341. The van der Waals surface area contributed by atoms with Crippen LogP contribution in [0, 0.1) is 6.92 Å². The molecule has 3 heterocycles. The third-order valence-electron chi connectivity index (χ3n) is 5.06. The Morgan fingerprint density at radius 1 is 1.29 bits per heavy atom. The average Bonchev–Trinajstić information content (AvgIpc) is 3.18. The second-order valence-corrected chi connectivity index (χ2v) is 7.19. The lowest BCUT2D eigenvalue weighted by Crippen LogP contribution is -2.38. The van der Waals surface area contributed by atoms with Crippen LogP contribution < -0.4 is 5.32 Å². The third kappa shape index (κ3) is 4.54. The van der Waals surface area contributed by atoms with E-state index in [9.17, 15) is 9.59 Å². The summed E-state index contributed by atoms with van der Waals surface area (Å²) < 4.78 is 0. The molecule has 2 aromatic heterocycles. The molecule has 7 heteroatoms. The predicted octanol–water partition coefficient (Wildman–Crippen LogP) is 1.94. The number of aromatic nitrogens is 2. The van der Waals surface area contributed by atoms with Gasteiger partial charge < -0.3 is 10.2 Å². The minimum atomic E-state index is -0.146. The van der Waals surface area contributed by atoms with Gasteiger partial charge in [0.05, 0.1) is 35.2 Å². The molecule has 0 unspecified atom stereocenters. The summed E-state index contributed by atoms with van der Waals surface area (Å²) >= 11 is 0. The van der Waals surface area contributed by atoms with Crippen LogP contribution in [0.4, 0.5) is 0 Å². The van der Waals surface area contributed by atoms with Crippen molar-refractivity contribution in [2.75, 3.05) is 27.2 Å². The van der Waals surface area contributed by atoms with Crippen molar-refractivity contribution >= 4 is 11.8 Å². The van der Waals surface area contributed by atoms with Crippen LogP contribution in [0.5, 0.6) is 0 Å². The zero-order valence-electron chi connectivity index (χ0n) is 16.7. The molecule has 1 aliphatic rings. The van der Waals surface area contributed by atoms with Crippen molar-refractivity contribution in [2.24, 2.45) is 0 Å². The van der Waals surface area contributed by atoms with Gasteiger partial charge in [-0.25, -0.2) is 0 Å². The van der Waals surface area contributed by atoms with Gasteiger partial charge in [-0.1, -0.05) is 6.07 Å². The number of aryl methyl sites for hydroxylation is 1. The number of amides is 2. The summed E-state index contributed by atoms with van der Waals surface area (Å²) in [5, 5.41) is 2.63. The molecule has 3 rings (SSSR count). The van der Waals surface area contributed by atoms with E-state index in [4.69, 9.17) is 0 Å². The van der Waals surface area contributed by atoms with Gasteiger partial charge in [0.2, 0.25) is 5.91 Å². The van der Waals surface area contributed by atoms with Gasteiger partial charge in [-0.05, 0) is 51.1 Å². The van der Waals surface area contributed by atoms with E-state index in [0.717, 1.165) is 30.8 Å². The topological polar surface area (TPSA) is 78.4 Å². The number of pyridine rings is 2. The fraction of sp³-hybridized carbons (Fsp3) is 0.429. The maximum Gasteiger partial charge on any atom is 0.252 e. The van der Waals surface area contributed by atoms with Crippen LogP contribution in [0.1, 0.15) is 46.3 Å². The second kappa shape index (κ2) is 8.93. The molecule has 1 atom stereocenters. The van der Waals surface area contributed by atoms with Crippen molar-refractivity contribution in [3.8, 4) is 0 Å². The summed E-state index contributed by atoms with van der Waals surface area (Å²) in [6, 6.07) is 9.42. The Hall–Kier alpha value is -2.80. The van der Waals surface area contributed by atoms with Gasteiger partial charge in [0.25, 0.3) is 5.91 Å². The SMILES string of the molecule is CNC(=O)c1ccc([C@@H]2CCCN2C(=O)CN(C)Cc2ccccn2)nc1C. The van der Waals surface area contributed by atoms with E-state index < -0.39 is 0 Å². The summed E-state index contributed by atoms with van der Waals surface area (Å²) in [5.74, 6) is -0.0530. The molecule has 1 N–H and O–H groups in total. The van der Waals surface area contributed by atoms with Crippen LogP contribution in [0.25, 0.3) is 0 Å². The highest BCUT2D eigenvalue weighted by Crippen LogP contribution is 2.31. The maximum atomic E-state index is 12.9. The molecule has 1 saturated heterocycles. The molecule has 7 nitrogen and oxygen atoms in total. The van der Waals surface area contributed by atoms with Crippen LogP contribution in [-0.4, -0.2) is 58.8 Å². The molecule has 0 aliphatic carbocycles. The van der Waals surface area contributed by atoms with Gasteiger partial charge in [-0.3, -0.25) is 24.5 Å². The van der Waals surface area contributed by atoms with E-state index in [2.05, 4.69) is 15.3 Å². The van der Waals surface area contributed by atoms with Gasteiger partial charge in [-0.2, -0.15) is 0 Å². The number of nitrogens with one attached hydrogen (secondary N) is 1. The van der Waals surface area contributed by atoms with Crippen LogP contribution in [0.3, 0.4) is 0 Å². The van der Waals surface area contributed by atoms with Gasteiger partial charge in [0.15, 0.2) is 0 Å². The van der Waals surface area contributed by atoms with Crippen LogP contribution in [0.2, 0.25) is 0 Å². The van der Waals surface area contributed by atoms with Gasteiger partial charge in [0, 0.05) is 26.3 Å².